The highest BCUT2D eigenvalue weighted by Gasteiger charge is 2.31. The van der Waals surface area contributed by atoms with E-state index in [1.807, 2.05) is 17.9 Å². The van der Waals surface area contributed by atoms with E-state index >= 15 is 0 Å². The molecule has 3 heterocycles. The molecule has 0 bridgehead atoms. The number of aryl methyl sites for hydroxylation is 2. The lowest BCUT2D eigenvalue weighted by atomic mass is 9.99. The molecule has 7 heteroatoms. The Bertz CT molecular complexity index is 1010. The van der Waals surface area contributed by atoms with Gasteiger partial charge < -0.3 is 14.7 Å². The number of amides is 2. The molecule has 2 aliphatic heterocycles. The summed E-state index contributed by atoms with van der Waals surface area (Å²) in [5.74, 6) is 0.544. The van der Waals surface area contributed by atoms with Gasteiger partial charge in [-0.05, 0) is 63.6 Å². The van der Waals surface area contributed by atoms with Crippen molar-refractivity contribution in [1.82, 2.24) is 19.8 Å². The number of benzene rings is 1. The lowest BCUT2D eigenvalue weighted by molar-refractivity contribution is 0.0598. The third kappa shape index (κ3) is 4.33. The van der Waals surface area contributed by atoms with Crippen molar-refractivity contribution in [3.63, 3.8) is 0 Å². The van der Waals surface area contributed by atoms with Gasteiger partial charge in [0.25, 0.3) is 11.8 Å². The molecule has 2 aromatic rings. The molecule has 1 unspecified atom stereocenters. The van der Waals surface area contributed by atoms with E-state index in [9.17, 15) is 9.59 Å². The van der Waals surface area contributed by atoms with Gasteiger partial charge in [0.2, 0.25) is 0 Å². The lowest BCUT2D eigenvalue weighted by Gasteiger charge is -2.35. The molecule has 2 saturated heterocycles. The molecule has 4 rings (SSSR count). The number of anilines is 1. The Morgan fingerprint density at radius 3 is 2.44 bits per heavy atom. The summed E-state index contributed by atoms with van der Waals surface area (Å²) in [5, 5.41) is 0. The van der Waals surface area contributed by atoms with Crippen LogP contribution in [0.2, 0.25) is 0 Å². The van der Waals surface area contributed by atoms with Crippen molar-refractivity contribution in [2.75, 3.05) is 38.6 Å². The predicted molar refractivity (Wildman–Crippen MR) is 125 cm³/mol. The Hall–Kier alpha value is -2.96. The second-order valence-electron chi connectivity index (χ2n) is 9.13. The van der Waals surface area contributed by atoms with E-state index in [-0.39, 0.29) is 17.9 Å². The van der Waals surface area contributed by atoms with Gasteiger partial charge in [-0.15, -0.1) is 0 Å². The van der Waals surface area contributed by atoms with Crippen molar-refractivity contribution in [3.05, 3.63) is 52.6 Å². The number of rotatable bonds is 4. The molecule has 1 atom stereocenters. The number of hydrogen-bond acceptors (Lipinski definition) is 5. The molecule has 7 nitrogen and oxygen atoms in total. The van der Waals surface area contributed by atoms with Gasteiger partial charge in [0.1, 0.15) is 0 Å². The maximum absolute atomic E-state index is 13.6. The minimum absolute atomic E-state index is 0.0323. The van der Waals surface area contributed by atoms with E-state index < -0.39 is 0 Å². The molecule has 0 spiro atoms. The molecule has 1 aromatic heterocycles. The van der Waals surface area contributed by atoms with Crippen LogP contribution in [-0.2, 0) is 0 Å². The van der Waals surface area contributed by atoms with Crippen LogP contribution < -0.4 is 4.90 Å². The van der Waals surface area contributed by atoms with Crippen molar-refractivity contribution in [3.8, 4) is 0 Å². The molecule has 0 saturated carbocycles. The number of piperidine rings is 1. The first-order chi connectivity index (χ1) is 15.4. The summed E-state index contributed by atoms with van der Waals surface area (Å²) in [4.78, 5) is 41.0. The second-order valence-corrected chi connectivity index (χ2v) is 9.13. The number of nitrogens with zero attached hydrogens (tertiary/aromatic N) is 5. The predicted octanol–water partition coefficient (Wildman–Crippen LogP) is 3.76. The SMILES string of the molecule is Cc1ccc(C(=O)N2CCCCC2c2ncc(C(=O)N(C)C)c(C)n2)cc1N1CCCC1. The van der Waals surface area contributed by atoms with Crippen LogP contribution in [0.1, 0.15) is 75.9 Å². The fourth-order valence-electron chi connectivity index (χ4n) is 4.75. The topological polar surface area (TPSA) is 69.6 Å². The Morgan fingerprint density at radius 2 is 1.75 bits per heavy atom. The van der Waals surface area contributed by atoms with E-state index in [4.69, 9.17) is 0 Å². The number of carbonyl (C=O) groups is 2. The van der Waals surface area contributed by atoms with Gasteiger partial charge in [0, 0.05) is 51.2 Å². The van der Waals surface area contributed by atoms with E-state index in [2.05, 4.69) is 33.9 Å². The first-order valence-electron chi connectivity index (χ1n) is 11.6. The van der Waals surface area contributed by atoms with Gasteiger partial charge in [-0.1, -0.05) is 6.07 Å². The molecule has 1 aromatic carbocycles. The maximum atomic E-state index is 13.6. The monoisotopic (exact) mass is 435 g/mol. The molecule has 0 radical (unpaired) electrons. The summed E-state index contributed by atoms with van der Waals surface area (Å²) in [7, 11) is 3.43. The smallest absolute Gasteiger partial charge is 0.256 e. The number of aromatic nitrogens is 2. The molecule has 32 heavy (non-hydrogen) atoms. The fourth-order valence-corrected chi connectivity index (χ4v) is 4.75. The van der Waals surface area contributed by atoms with Gasteiger partial charge in [-0.25, -0.2) is 9.97 Å². The average Bonchev–Trinajstić information content (AvgIpc) is 3.33. The average molecular weight is 436 g/mol. The van der Waals surface area contributed by atoms with E-state index in [1.165, 1.54) is 29.0 Å². The molecule has 2 aliphatic rings. The Kier molecular flexibility index (Phi) is 6.44. The first-order valence-corrected chi connectivity index (χ1v) is 11.6. The molecule has 0 aliphatic carbocycles. The zero-order valence-electron chi connectivity index (χ0n) is 19.6. The van der Waals surface area contributed by atoms with Gasteiger partial charge in [0.05, 0.1) is 17.3 Å². The molecular formula is C25H33N5O2. The van der Waals surface area contributed by atoms with Crippen molar-refractivity contribution in [2.24, 2.45) is 0 Å². The van der Waals surface area contributed by atoms with Crippen molar-refractivity contribution < 1.29 is 9.59 Å². The standard InChI is InChI=1S/C25H33N5O2/c1-17-10-11-19(15-22(17)29-12-7-8-13-29)24(31)30-14-6-5-9-21(30)23-26-16-20(18(2)27-23)25(32)28(3)4/h10-11,15-16,21H,5-9,12-14H2,1-4H3. The van der Waals surface area contributed by atoms with Crippen molar-refractivity contribution >= 4 is 17.5 Å². The Morgan fingerprint density at radius 1 is 1.03 bits per heavy atom. The first kappa shape index (κ1) is 22.2. The summed E-state index contributed by atoms with van der Waals surface area (Å²) in [6.45, 7) is 6.74. The molecule has 2 amide bonds. The van der Waals surface area contributed by atoms with Gasteiger partial charge >= 0.3 is 0 Å². The minimum atomic E-state index is -0.171. The number of likely N-dealkylation sites (tertiary alicyclic amines) is 1. The van der Waals surface area contributed by atoms with Crippen LogP contribution in [0.15, 0.2) is 24.4 Å². The summed E-state index contributed by atoms with van der Waals surface area (Å²) >= 11 is 0. The summed E-state index contributed by atoms with van der Waals surface area (Å²) in [6, 6.07) is 5.88. The van der Waals surface area contributed by atoms with Crippen molar-refractivity contribution in [2.45, 2.75) is 52.0 Å². The number of hydrogen-bond donors (Lipinski definition) is 0. The highest BCUT2D eigenvalue weighted by atomic mass is 16.2. The zero-order chi connectivity index (χ0) is 22.8. The molecule has 0 N–H and O–H groups in total. The van der Waals surface area contributed by atoms with Gasteiger partial charge in [-0.3, -0.25) is 9.59 Å². The highest BCUT2D eigenvalue weighted by molar-refractivity contribution is 5.96. The highest BCUT2D eigenvalue weighted by Crippen LogP contribution is 2.32. The Balaban J connectivity index is 1.61. The largest absolute Gasteiger partial charge is 0.371 e. The van der Waals surface area contributed by atoms with Crippen LogP contribution in [0.3, 0.4) is 0 Å². The van der Waals surface area contributed by atoms with Crippen LogP contribution in [0.5, 0.6) is 0 Å². The minimum Gasteiger partial charge on any atom is -0.371 e. The van der Waals surface area contributed by atoms with E-state index in [0.717, 1.165) is 37.9 Å². The number of carbonyl (C=O) groups excluding carboxylic acids is 2. The maximum Gasteiger partial charge on any atom is 0.256 e. The van der Waals surface area contributed by atoms with E-state index in [1.54, 1.807) is 20.3 Å². The van der Waals surface area contributed by atoms with Crippen LogP contribution in [0.4, 0.5) is 5.69 Å². The van der Waals surface area contributed by atoms with Crippen molar-refractivity contribution in [1.29, 1.82) is 0 Å². The van der Waals surface area contributed by atoms with Crippen LogP contribution in [0, 0.1) is 13.8 Å². The molecule has 2 fully saturated rings. The van der Waals surface area contributed by atoms with Gasteiger partial charge in [-0.2, -0.15) is 0 Å². The van der Waals surface area contributed by atoms with Crippen LogP contribution in [0.25, 0.3) is 0 Å². The summed E-state index contributed by atoms with van der Waals surface area (Å²) < 4.78 is 0. The van der Waals surface area contributed by atoms with Crippen LogP contribution >= 0.6 is 0 Å². The van der Waals surface area contributed by atoms with Gasteiger partial charge in [0.15, 0.2) is 5.82 Å². The second kappa shape index (κ2) is 9.27. The molecular weight excluding hydrogens is 402 g/mol. The molecule has 170 valence electrons. The summed E-state index contributed by atoms with van der Waals surface area (Å²) in [6.07, 6.45) is 6.85. The zero-order valence-corrected chi connectivity index (χ0v) is 19.6. The van der Waals surface area contributed by atoms with Crippen LogP contribution in [-0.4, -0.2) is 65.3 Å². The quantitative estimate of drug-likeness (QED) is 0.731. The third-order valence-corrected chi connectivity index (χ3v) is 6.60. The fraction of sp³-hybridized carbons (Fsp3) is 0.520. The van der Waals surface area contributed by atoms with E-state index in [0.29, 0.717) is 23.6 Å². The Labute approximate surface area is 190 Å². The summed E-state index contributed by atoms with van der Waals surface area (Å²) in [5.41, 5.74) is 4.25. The lowest BCUT2D eigenvalue weighted by Crippen LogP contribution is -2.39. The third-order valence-electron chi connectivity index (χ3n) is 6.60. The normalized spacial score (nSPS) is 18.7.